The van der Waals surface area contributed by atoms with Gasteiger partial charge in [0.15, 0.2) is 0 Å². The van der Waals surface area contributed by atoms with Crippen LogP contribution in [0.5, 0.6) is 0 Å². The van der Waals surface area contributed by atoms with E-state index in [4.69, 9.17) is 16.3 Å². The summed E-state index contributed by atoms with van der Waals surface area (Å²) in [5, 5.41) is 1.88. The molecule has 4 rings (SSSR count). The van der Waals surface area contributed by atoms with Crippen LogP contribution in [0.25, 0.3) is 22.0 Å². The van der Waals surface area contributed by atoms with Gasteiger partial charge in [-0.3, -0.25) is 0 Å². The summed E-state index contributed by atoms with van der Waals surface area (Å²) >= 11 is 6.45. The zero-order valence-corrected chi connectivity index (χ0v) is 14.7. The first-order valence-corrected chi connectivity index (χ1v) is 8.73. The first kappa shape index (κ1) is 16.0. The fourth-order valence-corrected chi connectivity index (χ4v) is 3.83. The predicted molar refractivity (Wildman–Crippen MR) is 100 cm³/mol. The summed E-state index contributed by atoms with van der Waals surface area (Å²) in [6.07, 6.45) is 2.64. The summed E-state index contributed by atoms with van der Waals surface area (Å²) in [6.45, 7) is 1.46. The number of fused-ring (bicyclic) bond motifs is 1. The molecule has 128 valence electrons. The van der Waals surface area contributed by atoms with E-state index < -0.39 is 0 Å². The van der Waals surface area contributed by atoms with Crippen molar-refractivity contribution in [2.75, 3.05) is 20.2 Å². The molecule has 1 aromatic heterocycles. The van der Waals surface area contributed by atoms with Crippen LogP contribution in [0.3, 0.4) is 0 Å². The Hall–Kier alpha value is -2.46. The van der Waals surface area contributed by atoms with Gasteiger partial charge in [0.2, 0.25) is 0 Å². The maximum Gasteiger partial charge on any atom is 0.409 e. The van der Waals surface area contributed by atoms with Crippen molar-refractivity contribution in [2.24, 2.45) is 0 Å². The van der Waals surface area contributed by atoms with Crippen LogP contribution in [-0.2, 0) is 4.74 Å². The summed E-state index contributed by atoms with van der Waals surface area (Å²) in [7, 11) is 1.43. The molecule has 2 heterocycles. The molecule has 1 atom stereocenters. The van der Waals surface area contributed by atoms with Crippen molar-refractivity contribution >= 4 is 28.6 Å². The van der Waals surface area contributed by atoms with Crippen molar-refractivity contribution in [1.29, 1.82) is 0 Å². The van der Waals surface area contributed by atoms with Crippen LogP contribution >= 0.6 is 11.6 Å². The Morgan fingerprint density at radius 3 is 2.80 bits per heavy atom. The van der Waals surface area contributed by atoms with Crippen molar-refractivity contribution in [1.82, 2.24) is 9.88 Å². The highest BCUT2D eigenvalue weighted by Crippen LogP contribution is 2.34. The maximum atomic E-state index is 11.6. The molecule has 2 aromatic carbocycles. The molecule has 1 amide bonds. The van der Waals surface area contributed by atoms with Crippen LogP contribution in [0.15, 0.2) is 48.7 Å². The Bertz CT molecular complexity index is 917. The summed E-state index contributed by atoms with van der Waals surface area (Å²) in [5.41, 5.74) is 4.41. The van der Waals surface area contributed by atoms with Crippen LogP contribution in [0.2, 0.25) is 5.02 Å². The summed E-state index contributed by atoms with van der Waals surface area (Å²) in [6, 6.07) is 14.6. The number of likely N-dealkylation sites (tertiary alicyclic amines) is 1. The Labute approximate surface area is 151 Å². The third kappa shape index (κ3) is 2.98. The van der Waals surface area contributed by atoms with Crippen molar-refractivity contribution in [3.8, 4) is 11.1 Å². The van der Waals surface area contributed by atoms with E-state index in [1.165, 1.54) is 12.7 Å². The molecular formula is C20H19ClN2O2. The molecular weight excluding hydrogens is 336 g/mol. The topological polar surface area (TPSA) is 45.3 Å². The lowest BCUT2D eigenvalue weighted by molar-refractivity contribution is 0.132. The molecule has 0 saturated carbocycles. The molecule has 1 fully saturated rings. The minimum absolute atomic E-state index is 0.245. The van der Waals surface area contributed by atoms with Crippen LogP contribution in [0.1, 0.15) is 17.9 Å². The van der Waals surface area contributed by atoms with E-state index in [1.807, 2.05) is 18.3 Å². The average molecular weight is 355 g/mol. The number of H-pyrrole nitrogens is 1. The normalized spacial score (nSPS) is 17.2. The molecule has 0 aliphatic carbocycles. The molecule has 0 spiro atoms. The van der Waals surface area contributed by atoms with Crippen LogP contribution < -0.4 is 0 Å². The van der Waals surface area contributed by atoms with Crippen LogP contribution in [0.4, 0.5) is 4.79 Å². The van der Waals surface area contributed by atoms with Gasteiger partial charge in [-0.25, -0.2) is 4.79 Å². The Morgan fingerprint density at radius 1 is 1.24 bits per heavy atom. The lowest BCUT2D eigenvalue weighted by Gasteiger charge is -2.15. The lowest BCUT2D eigenvalue weighted by Crippen LogP contribution is -2.28. The van der Waals surface area contributed by atoms with E-state index >= 15 is 0 Å². The number of carbonyl (C=O) groups is 1. The van der Waals surface area contributed by atoms with Gasteiger partial charge in [0.25, 0.3) is 0 Å². The van der Waals surface area contributed by atoms with Gasteiger partial charge in [0, 0.05) is 41.7 Å². The average Bonchev–Trinajstić information content (AvgIpc) is 3.29. The van der Waals surface area contributed by atoms with Crippen molar-refractivity contribution in [3.05, 3.63) is 59.2 Å². The van der Waals surface area contributed by atoms with Gasteiger partial charge in [-0.1, -0.05) is 35.9 Å². The number of halogens is 1. The Morgan fingerprint density at radius 2 is 2.04 bits per heavy atom. The fraction of sp³-hybridized carbons (Fsp3) is 0.250. The molecule has 0 bridgehead atoms. The fourth-order valence-electron chi connectivity index (χ4n) is 3.56. The quantitative estimate of drug-likeness (QED) is 0.700. The number of benzene rings is 2. The van der Waals surface area contributed by atoms with Gasteiger partial charge in [0.05, 0.1) is 12.1 Å². The molecule has 1 saturated heterocycles. The van der Waals surface area contributed by atoms with Crippen molar-refractivity contribution < 1.29 is 9.53 Å². The smallest absolute Gasteiger partial charge is 0.409 e. The number of aromatic amines is 1. The summed E-state index contributed by atoms with van der Waals surface area (Å²) in [4.78, 5) is 16.6. The van der Waals surface area contributed by atoms with Gasteiger partial charge in [-0.2, -0.15) is 0 Å². The van der Waals surface area contributed by atoms with Gasteiger partial charge >= 0.3 is 6.09 Å². The second kappa shape index (κ2) is 6.45. The summed E-state index contributed by atoms with van der Waals surface area (Å²) < 4.78 is 4.81. The molecule has 4 nitrogen and oxygen atoms in total. The van der Waals surface area contributed by atoms with Gasteiger partial charge in [-0.05, 0) is 35.7 Å². The van der Waals surface area contributed by atoms with Crippen LogP contribution in [0, 0.1) is 0 Å². The standard InChI is InChI=1S/C20H19ClN2O2/c1-25-20(24)23-9-7-16(12-23)13-2-4-14(5-3-13)17-10-15-6-8-22-19(15)11-18(17)21/h2-6,8,10-11,16,22H,7,9,12H2,1H3. The maximum absolute atomic E-state index is 11.6. The minimum atomic E-state index is -0.245. The number of ether oxygens (including phenoxy) is 1. The Balaban J connectivity index is 1.57. The molecule has 1 aliphatic rings. The van der Waals surface area contributed by atoms with Crippen molar-refractivity contribution in [2.45, 2.75) is 12.3 Å². The van der Waals surface area contributed by atoms with Crippen molar-refractivity contribution in [3.63, 3.8) is 0 Å². The number of carbonyl (C=O) groups excluding carboxylic acids is 1. The second-order valence-electron chi connectivity index (χ2n) is 6.42. The molecule has 25 heavy (non-hydrogen) atoms. The first-order chi connectivity index (χ1) is 12.2. The van der Waals surface area contributed by atoms with E-state index in [-0.39, 0.29) is 6.09 Å². The highest BCUT2D eigenvalue weighted by Gasteiger charge is 2.27. The zero-order valence-electron chi connectivity index (χ0n) is 14.0. The number of methoxy groups -OCH3 is 1. The highest BCUT2D eigenvalue weighted by atomic mass is 35.5. The largest absolute Gasteiger partial charge is 0.453 e. The third-order valence-corrected chi connectivity index (χ3v) is 5.27. The number of rotatable bonds is 2. The van der Waals surface area contributed by atoms with Gasteiger partial charge in [0.1, 0.15) is 0 Å². The number of hydrogen-bond acceptors (Lipinski definition) is 2. The number of nitrogens with zero attached hydrogens (tertiary/aromatic N) is 1. The van der Waals surface area contributed by atoms with E-state index in [2.05, 4.69) is 35.3 Å². The molecule has 5 heteroatoms. The first-order valence-electron chi connectivity index (χ1n) is 8.35. The van der Waals surface area contributed by atoms with E-state index in [9.17, 15) is 4.79 Å². The van der Waals surface area contributed by atoms with Gasteiger partial charge < -0.3 is 14.6 Å². The van der Waals surface area contributed by atoms with E-state index in [0.717, 1.165) is 40.0 Å². The molecule has 1 N–H and O–H groups in total. The minimum Gasteiger partial charge on any atom is -0.453 e. The van der Waals surface area contributed by atoms with E-state index in [1.54, 1.807) is 4.90 Å². The molecule has 3 aromatic rings. The monoisotopic (exact) mass is 354 g/mol. The van der Waals surface area contributed by atoms with Gasteiger partial charge in [-0.15, -0.1) is 0 Å². The predicted octanol–water partition coefficient (Wildman–Crippen LogP) is 5.04. The second-order valence-corrected chi connectivity index (χ2v) is 6.83. The molecule has 1 unspecified atom stereocenters. The SMILES string of the molecule is COC(=O)N1CCC(c2ccc(-c3cc4cc[nH]c4cc3Cl)cc2)C1. The Kier molecular flexibility index (Phi) is 4.14. The number of amides is 1. The zero-order chi connectivity index (χ0) is 17.4. The van der Waals surface area contributed by atoms with Crippen LogP contribution in [-0.4, -0.2) is 36.2 Å². The number of hydrogen-bond donors (Lipinski definition) is 1. The van der Waals surface area contributed by atoms with E-state index in [0.29, 0.717) is 12.5 Å². The highest BCUT2D eigenvalue weighted by molar-refractivity contribution is 6.34. The molecule has 0 radical (unpaired) electrons. The third-order valence-electron chi connectivity index (χ3n) is 4.96. The summed E-state index contributed by atoms with van der Waals surface area (Å²) in [5.74, 6) is 0.357. The molecule has 1 aliphatic heterocycles. The number of nitrogens with one attached hydrogen (secondary N) is 1. The number of aromatic nitrogens is 1. The lowest BCUT2D eigenvalue weighted by atomic mass is 9.95.